The zero-order chi connectivity index (χ0) is 12.0. The molecule has 0 unspecified atom stereocenters. The Hall–Kier alpha value is -0.740. The Morgan fingerprint density at radius 2 is 1.69 bits per heavy atom. The number of hydrogen-bond acceptors (Lipinski definition) is 4. The van der Waals surface area contributed by atoms with Gasteiger partial charge in [-0.3, -0.25) is 0 Å². The summed E-state index contributed by atoms with van der Waals surface area (Å²) in [5, 5.41) is 0. The van der Waals surface area contributed by atoms with Crippen molar-refractivity contribution in [3.05, 3.63) is 28.0 Å². The third kappa shape index (κ3) is 3.39. The molecule has 0 atom stereocenters. The minimum Gasteiger partial charge on any atom is -0.493 e. The van der Waals surface area contributed by atoms with Crippen molar-refractivity contribution in [3.63, 3.8) is 0 Å². The molecule has 0 saturated heterocycles. The lowest BCUT2D eigenvalue weighted by atomic mass is 10.2. The van der Waals surface area contributed by atoms with Crippen molar-refractivity contribution in [2.24, 2.45) is 0 Å². The van der Waals surface area contributed by atoms with Crippen LogP contribution in [0.15, 0.2) is 22.4 Å². The van der Waals surface area contributed by atoms with Gasteiger partial charge >= 0.3 is 0 Å². The van der Waals surface area contributed by atoms with Crippen molar-refractivity contribution >= 4 is 29.6 Å². The van der Waals surface area contributed by atoms with Crippen molar-refractivity contribution < 1.29 is 9.47 Å². The van der Waals surface area contributed by atoms with E-state index in [0.29, 0.717) is 0 Å². The summed E-state index contributed by atoms with van der Waals surface area (Å²) in [6.45, 7) is 0. The van der Waals surface area contributed by atoms with Crippen molar-refractivity contribution in [3.8, 4) is 11.5 Å². The zero-order valence-corrected chi connectivity index (χ0v) is 11.6. The van der Waals surface area contributed by atoms with Gasteiger partial charge in [-0.25, -0.2) is 0 Å². The SMILES string of the molecule is COc1ccc(C=C(SC)SC)cc1OC. The van der Waals surface area contributed by atoms with Crippen molar-refractivity contribution in [1.29, 1.82) is 0 Å². The number of ether oxygens (including phenoxy) is 2. The van der Waals surface area contributed by atoms with E-state index in [1.807, 2.05) is 18.2 Å². The standard InChI is InChI=1S/C12H16O2S2/c1-13-10-6-5-9(7-11(10)14-2)8-12(15-3)16-4/h5-8H,1-4H3. The second-order valence-electron chi connectivity index (χ2n) is 2.99. The summed E-state index contributed by atoms with van der Waals surface area (Å²) >= 11 is 3.48. The van der Waals surface area contributed by atoms with Gasteiger partial charge in [0, 0.05) is 4.24 Å². The quantitative estimate of drug-likeness (QED) is 0.798. The van der Waals surface area contributed by atoms with Gasteiger partial charge in [-0.05, 0) is 36.3 Å². The highest BCUT2D eigenvalue weighted by Crippen LogP contribution is 2.31. The molecule has 0 amide bonds. The van der Waals surface area contributed by atoms with Gasteiger partial charge in [-0.15, -0.1) is 23.5 Å². The van der Waals surface area contributed by atoms with Gasteiger partial charge in [0.15, 0.2) is 11.5 Å². The third-order valence-corrected chi connectivity index (χ3v) is 4.13. The topological polar surface area (TPSA) is 18.5 Å². The Labute approximate surface area is 105 Å². The van der Waals surface area contributed by atoms with E-state index >= 15 is 0 Å². The molecule has 4 heteroatoms. The maximum absolute atomic E-state index is 5.26. The molecule has 0 fully saturated rings. The fraction of sp³-hybridized carbons (Fsp3) is 0.333. The predicted octanol–water partition coefficient (Wildman–Crippen LogP) is 3.73. The Balaban J connectivity index is 3.03. The average molecular weight is 256 g/mol. The predicted molar refractivity (Wildman–Crippen MR) is 74.6 cm³/mol. The summed E-state index contributed by atoms with van der Waals surface area (Å²) in [6.07, 6.45) is 6.28. The Kier molecular flexibility index (Phi) is 5.63. The summed E-state index contributed by atoms with van der Waals surface area (Å²) in [6, 6.07) is 5.92. The Morgan fingerprint density at radius 1 is 1.06 bits per heavy atom. The maximum Gasteiger partial charge on any atom is 0.161 e. The smallest absolute Gasteiger partial charge is 0.161 e. The molecule has 1 aromatic rings. The fourth-order valence-electron chi connectivity index (χ4n) is 1.28. The molecular weight excluding hydrogens is 240 g/mol. The maximum atomic E-state index is 5.26. The van der Waals surface area contributed by atoms with Crippen LogP contribution in [0.5, 0.6) is 11.5 Å². The van der Waals surface area contributed by atoms with E-state index in [2.05, 4.69) is 18.6 Å². The lowest BCUT2D eigenvalue weighted by molar-refractivity contribution is 0.355. The number of thioether (sulfide) groups is 2. The highest BCUT2D eigenvalue weighted by Gasteiger charge is 2.03. The highest BCUT2D eigenvalue weighted by molar-refractivity contribution is 8.21. The number of rotatable bonds is 5. The normalized spacial score (nSPS) is 9.75. The van der Waals surface area contributed by atoms with E-state index in [1.165, 1.54) is 4.24 Å². The van der Waals surface area contributed by atoms with E-state index in [9.17, 15) is 0 Å². The molecular formula is C12H16O2S2. The lowest BCUT2D eigenvalue weighted by Gasteiger charge is -2.08. The van der Waals surface area contributed by atoms with Gasteiger partial charge in [0.1, 0.15) is 0 Å². The molecule has 0 aromatic heterocycles. The molecule has 1 aromatic carbocycles. The molecule has 1 rings (SSSR count). The summed E-state index contributed by atoms with van der Waals surface area (Å²) in [4.78, 5) is 0. The van der Waals surface area contributed by atoms with Crippen molar-refractivity contribution in [2.45, 2.75) is 0 Å². The van der Waals surface area contributed by atoms with Gasteiger partial charge < -0.3 is 9.47 Å². The van der Waals surface area contributed by atoms with Crippen LogP contribution in [-0.2, 0) is 0 Å². The first-order valence-corrected chi connectivity index (χ1v) is 7.21. The van der Waals surface area contributed by atoms with Gasteiger partial charge in [-0.1, -0.05) is 6.07 Å². The molecule has 2 nitrogen and oxygen atoms in total. The van der Waals surface area contributed by atoms with Crippen LogP contribution in [0.25, 0.3) is 6.08 Å². The molecule has 0 bridgehead atoms. The first-order chi connectivity index (χ1) is 7.74. The van der Waals surface area contributed by atoms with E-state index in [-0.39, 0.29) is 0 Å². The average Bonchev–Trinajstić information content (AvgIpc) is 2.35. The largest absolute Gasteiger partial charge is 0.493 e. The summed E-state index contributed by atoms with van der Waals surface area (Å²) < 4.78 is 11.7. The molecule has 0 N–H and O–H groups in total. The van der Waals surface area contributed by atoms with Crippen LogP contribution in [0.4, 0.5) is 0 Å². The summed E-state index contributed by atoms with van der Waals surface area (Å²) in [5.41, 5.74) is 1.12. The second kappa shape index (κ2) is 6.76. The van der Waals surface area contributed by atoms with E-state index < -0.39 is 0 Å². The van der Waals surface area contributed by atoms with Crippen LogP contribution in [0.1, 0.15) is 5.56 Å². The van der Waals surface area contributed by atoms with Crippen LogP contribution in [-0.4, -0.2) is 26.7 Å². The zero-order valence-electron chi connectivity index (χ0n) is 9.94. The third-order valence-electron chi connectivity index (χ3n) is 2.09. The Morgan fingerprint density at radius 3 is 2.19 bits per heavy atom. The van der Waals surface area contributed by atoms with E-state index in [1.54, 1.807) is 37.7 Å². The van der Waals surface area contributed by atoms with Gasteiger partial charge in [0.2, 0.25) is 0 Å². The monoisotopic (exact) mass is 256 g/mol. The minimum atomic E-state index is 0.759. The fourth-order valence-corrected chi connectivity index (χ4v) is 2.45. The molecule has 0 heterocycles. The van der Waals surface area contributed by atoms with Crippen molar-refractivity contribution in [2.75, 3.05) is 26.7 Å². The molecule has 88 valence electrons. The van der Waals surface area contributed by atoms with Crippen LogP contribution < -0.4 is 9.47 Å². The van der Waals surface area contributed by atoms with Crippen molar-refractivity contribution in [1.82, 2.24) is 0 Å². The summed E-state index contributed by atoms with van der Waals surface area (Å²) in [5.74, 6) is 1.52. The van der Waals surface area contributed by atoms with Crippen LogP contribution in [0.2, 0.25) is 0 Å². The minimum absolute atomic E-state index is 0.759. The number of benzene rings is 1. The second-order valence-corrected chi connectivity index (χ2v) is 4.94. The first-order valence-electron chi connectivity index (χ1n) is 4.76. The molecule has 0 radical (unpaired) electrons. The molecule has 16 heavy (non-hydrogen) atoms. The van der Waals surface area contributed by atoms with Gasteiger partial charge in [0.05, 0.1) is 14.2 Å². The van der Waals surface area contributed by atoms with Crippen LogP contribution in [0, 0.1) is 0 Å². The number of methoxy groups -OCH3 is 2. The first kappa shape index (κ1) is 13.3. The highest BCUT2D eigenvalue weighted by atomic mass is 32.2. The van der Waals surface area contributed by atoms with E-state index in [0.717, 1.165) is 17.1 Å². The van der Waals surface area contributed by atoms with Gasteiger partial charge in [-0.2, -0.15) is 0 Å². The molecule has 0 aliphatic carbocycles. The molecule has 0 spiro atoms. The lowest BCUT2D eigenvalue weighted by Crippen LogP contribution is -1.90. The van der Waals surface area contributed by atoms with Crippen LogP contribution >= 0.6 is 23.5 Å². The molecule has 0 aliphatic heterocycles. The number of hydrogen-bond donors (Lipinski definition) is 0. The van der Waals surface area contributed by atoms with E-state index in [4.69, 9.17) is 9.47 Å². The Bertz CT molecular complexity index is 369. The van der Waals surface area contributed by atoms with Gasteiger partial charge in [0.25, 0.3) is 0 Å². The molecule has 0 saturated carbocycles. The summed E-state index contributed by atoms with van der Waals surface area (Å²) in [7, 11) is 3.29. The molecule has 0 aliphatic rings. The van der Waals surface area contributed by atoms with Crippen LogP contribution in [0.3, 0.4) is 0 Å².